The van der Waals surface area contributed by atoms with Crippen molar-refractivity contribution in [3.05, 3.63) is 42.5 Å². The summed E-state index contributed by atoms with van der Waals surface area (Å²) in [5.41, 5.74) is 0.569. The maximum absolute atomic E-state index is 9.58. The van der Waals surface area contributed by atoms with Gasteiger partial charge in [-0.3, -0.25) is 0 Å². The van der Waals surface area contributed by atoms with Crippen molar-refractivity contribution in [2.45, 2.75) is 0 Å². The van der Waals surface area contributed by atoms with Crippen molar-refractivity contribution in [1.29, 1.82) is 0 Å². The topological polar surface area (TPSA) is 60.7 Å². The second-order valence-electron chi connectivity index (χ2n) is 3.11. The van der Waals surface area contributed by atoms with Gasteiger partial charge in [-0.1, -0.05) is 12.1 Å². The molecule has 0 atom stereocenters. The Labute approximate surface area is 86.9 Å². The average Bonchev–Trinajstić information content (AvgIpc) is 2.20. The summed E-state index contributed by atoms with van der Waals surface area (Å²) >= 11 is 0. The fourth-order valence-corrected chi connectivity index (χ4v) is 1.43. The Hall–Kier alpha value is -2.16. The first kappa shape index (κ1) is 9.40. The minimum absolute atomic E-state index is 0.00875. The Morgan fingerprint density at radius 1 is 0.867 bits per heavy atom. The van der Waals surface area contributed by atoms with Crippen molar-refractivity contribution < 1.29 is 15.3 Å². The first-order valence-corrected chi connectivity index (χ1v) is 4.40. The van der Waals surface area contributed by atoms with Crippen molar-refractivity contribution in [3.63, 3.8) is 0 Å². The van der Waals surface area contributed by atoms with Crippen LogP contribution in [-0.2, 0) is 0 Å². The zero-order chi connectivity index (χ0) is 10.8. The van der Waals surface area contributed by atoms with Crippen molar-refractivity contribution in [1.82, 2.24) is 0 Å². The molecule has 0 bridgehead atoms. The van der Waals surface area contributed by atoms with Gasteiger partial charge < -0.3 is 15.3 Å². The third-order valence-electron chi connectivity index (χ3n) is 2.13. The zero-order valence-corrected chi connectivity index (χ0v) is 7.81. The van der Waals surface area contributed by atoms with E-state index in [4.69, 9.17) is 0 Å². The quantitative estimate of drug-likeness (QED) is 0.663. The molecule has 3 heteroatoms. The number of benzene rings is 2. The number of rotatable bonds is 1. The summed E-state index contributed by atoms with van der Waals surface area (Å²) in [7, 11) is 0. The molecule has 3 N–H and O–H groups in total. The lowest BCUT2D eigenvalue weighted by atomic mass is 10.0. The molecule has 15 heavy (non-hydrogen) atoms. The smallest absolute Gasteiger partial charge is 0.127 e. The molecule has 0 aliphatic heterocycles. The van der Waals surface area contributed by atoms with Gasteiger partial charge in [-0.05, 0) is 30.3 Å². The molecule has 75 valence electrons. The third kappa shape index (κ3) is 1.59. The van der Waals surface area contributed by atoms with Gasteiger partial charge in [-0.15, -0.1) is 0 Å². The van der Waals surface area contributed by atoms with Crippen molar-refractivity contribution in [2.24, 2.45) is 0 Å². The summed E-state index contributed by atoms with van der Waals surface area (Å²) in [5, 5.41) is 28.7. The van der Waals surface area contributed by atoms with E-state index < -0.39 is 0 Å². The molecule has 0 aliphatic carbocycles. The fourth-order valence-electron chi connectivity index (χ4n) is 1.43. The van der Waals surface area contributed by atoms with Gasteiger partial charge >= 0.3 is 0 Å². The summed E-state index contributed by atoms with van der Waals surface area (Å²) in [4.78, 5) is 0. The molecule has 0 fully saturated rings. The second kappa shape index (κ2) is 3.53. The van der Waals surface area contributed by atoms with Crippen LogP contribution in [0.25, 0.3) is 11.1 Å². The normalized spacial score (nSPS) is 10.1. The van der Waals surface area contributed by atoms with Crippen LogP contribution in [0.1, 0.15) is 0 Å². The van der Waals surface area contributed by atoms with Crippen molar-refractivity contribution in [2.75, 3.05) is 0 Å². The molecule has 0 aliphatic rings. The average molecular weight is 201 g/mol. The van der Waals surface area contributed by atoms with Crippen LogP contribution in [-0.4, -0.2) is 15.3 Å². The highest BCUT2D eigenvalue weighted by Crippen LogP contribution is 2.40. The molecule has 0 spiro atoms. The first-order chi connectivity index (χ1) is 7.20. The van der Waals surface area contributed by atoms with Gasteiger partial charge in [-0.25, -0.2) is 0 Å². The van der Waals surface area contributed by atoms with E-state index in [1.807, 2.05) is 0 Å². The lowest BCUT2D eigenvalue weighted by Crippen LogP contribution is -1.81. The standard InChI is InChI=1S/C12H9O3/c13-9-5-2-1-4-8(9)12-10(14)6-3-7-11(12)15/h2-7,13-15H. The Kier molecular flexibility index (Phi) is 2.21. The number of hydrogen-bond acceptors (Lipinski definition) is 3. The molecule has 0 unspecified atom stereocenters. The van der Waals surface area contributed by atoms with E-state index in [2.05, 4.69) is 6.07 Å². The van der Waals surface area contributed by atoms with Crippen LogP contribution >= 0.6 is 0 Å². The molecular weight excluding hydrogens is 192 g/mol. The minimum Gasteiger partial charge on any atom is -0.507 e. The molecule has 0 saturated heterocycles. The molecular formula is C12H9O3. The maximum Gasteiger partial charge on any atom is 0.127 e. The minimum atomic E-state index is -0.0788. The lowest BCUT2D eigenvalue weighted by molar-refractivity contribution is 0.450. The van der Waals surface area contributed by atoms with Crippen LogP contribution in [0.5, 0.6) is 17.2 Å². The molecule has 0 saturated carbocycles. The molecule has 0 amide bonds. The zero-order valence-electron chi connectivity index (χ0n) is 7.81. The summed E-state index contributed by atoms with van der Waals surface area (Å²) < 4.78 is 0. The number of phenolic OH excluding ortho intramolecular Hbond substituents is 3. The van der Waals surface area contributed by atoms with Crippen LogP contribution in [0, 0.1) is 6.07 Å². The molecule has 0 heterocycles. The van der Waals surface area contributed by atoms with Crippen LogP contribution < -0.4 is 0 Å². The molecule has 2 aromatic rings. The van der Waals surface area contributed by atoms with Crippen LogP contribution in [0.2, 0.25) is 0 Å². The largest absolute Gasteiger partial charge is 0.507 e. The number of phenols is 3. The Bertz CT molecular complexity index is 472. The summed E-state index contributed by atoms with van der Waals surface area (Å²) in [6.07, 6.45) is 0. The van der Waals surface area contributed by atoms with Crippen LogP contribution in [0.4, 0.5) is 0 Å². The van der Waals surface area contributed by atoms with E-state index in [9.17, 15) is 15.3 Å². The van der Waals surface area contributed by atoms with Gasteiger partial charge in [0, 0.05) is 5.56 Å². The SMILES string of the molecule is Oc1cc[c]cc1-c1c(O)cccc1O. The highest BCUT2D eigenvalue weighted by atomic mass is 16.3. The maximum atomic E-state index is 9.58. The van der Waals surface area contributed by atoms with Gasteiger partial charge in [-0.2, -0.15) is 0 Å². The first-order valence-electron chi connectivity index (χ1n) is 4.40. The van der Waals surface area contributed by atoms with E-state index in [-0.39, 0.29) is 22.8 Å². The monoisotopic (exact) mass is 201 g/mol. The van der Waals surface area contributed by atoms with Gasteiger partial charge in [0.25, 0.3) is 0 Å². The van der Waals surface area contributed by atoms with E-state index in [0.29, 0.717) is 5.56 Å². The molecule has 3 nitrogen and oxygen atoms in total. The van der Waals surface area contributed by atoms with Gasteiger partial charge in [0.05, 0.1) is 5.56 Å². The predicted octanol–water partition coefficient (Wildman–Crippen LogP) is 2.27. The van der Waals surface area contributed by atoms with Crippen LogP contribution in [0.3, 0.4) is 0 Å². The summed E-state index contributed by atoms with van der Waals surface area (Å²) in [5.74, 6) is -0.166. The van der Waals surface area contributed by atoms with Gasteiger partial charge in [0.1, 0.15) is 17.2 Å². The summed E-state index contributed by atoms with van der Waals surface area (Å²) in [6.45, 7) is 0. The van der Waals surface area contributed by atoms with E-state index in [0.717, 1.165) is 0 Å². The number of hydrogen-bond donors (Lipinski definition) is 3. The van der Waals surface area contributed by atoms with Gasteiger partial charge in [0.2, 0.25) is 0 Å². The van der Waals surface area contributed by atoms with Crippen LogP contribution in [0.15, 0.2) is 36.4 Å². The lowest BCUT2D eigenvalue weighted by Gasteiger charge is -2.08. The predicted molar refractivity (Wildman–Crippen MR) is 55.7 cm³/mol. The van der Waals surface area contributed by atoms with Crippen molar-refractivity contribution in [3.8, 4) is 28.4 Å². The van der Waals surface area contributed by atoms with E-state index in [1.54, 1.807) is 6.07 Å². The molecule has 2 rings (SSSR count). The van der Waals surface area contributed by atoms with Crippen molar-refractivity contribution >= 4 is 0 Å². The highest BCUT2D eigenvalue weighted by molar-refractivity contribution is 5.79. The Morgan fingerprint density at radius 3 is 2.13 bits per heavy atom. The Balaban J connectivity index is 2.69. The van der Waals surface area contributed by atoms with Gasteiger partial charge in [0.15, 0.2) is 0 Å². The Morgan fingerprint density at radius 2 is 1.53 bits per heavy atom. The summed E-state index contributed by atoms with van der Waals surface area (Å²) in [6, 6.07) is 11.7. The fraction of sp³-hybridized carbons (Fsp3) is 0. The molecule has 0 aromatic heterocycles. The van der Waals surface area contributed by atoms with E-state index >= 15 is 0 Å². The number of aromatic hydroxyl groups is 3. The highest BCUT2D eigenvalue weighted by Gasteiger charge is 2.12. The third-order valence-corrected chi connectivity index (χ3v) is 2.13. The van der Waals surface area contributed by atoms with E-state index in [1.165, 1.54) is 30.3 Å². The molecule has 2 aromatic carbocycles. The second-order valence-corrected chi connectivity index (χ2v) is 3.11. The molecule has 1 radical (unpaired) electrons.